The van der Waals surface area contributed by atoms with E-state index in [9.17, 15) is 0 Å². The highest BCUT2D eigenvalue weighted by molar-refractivity contribution is 6.18. The van der Waals surface area contributed by atoms with Crippen molar-refractivity contribution in [3.8, 4) is 0 Å². The zero-order chi connectivity index (χ0) is 11.2. The molecule has 0 saturated heterocycles. The van der Waals surface area contributed by atoms with Crippen molar-refractivity contribution in [3.05, 3.63) is 24.7 Å². The number of hydrogen-bond donors (Lipinski definition) is 0. The Kier molecular flexibility index (Phi) is 12.4. The summed E-state index contributed by atoms with van der Waals surface area (Å²) < 4.78 is 10.3. The van der Waals surface area contributed by atoms with Crippen LogP contribution in [0.15, 0.2) is 24.7 Å². The third kappa shape index (κ3) is 13.1. The molecule has 0 heterocycles. The highest BCUT2D eigenvalue weighted by Crippen LogP contribution is 1.96. The van der Waals surface area contributed by atoms with Gasteiger partial charge in [0, 0.05) is 0 Å². The lowest BCUT2D eigenvalue weighted by Crippen LogP contribution is -1.93. The maximum Gasteiger partial charge on any atom is 0.575 e. The van der Waals surface area contributed by atoms with Crippen LogP contribution in [0.2, 0.25) is 0 Å². The first kappa shape index (κ1) is 14.1. The van der Waals surface area contributed by atoms with E-state index in [2.05, 4.69) is 13.8 Å². The predicted molar refractivity (Wildman–Crippen MR) is 66.6 cm³/mol. The molecule has 0 aliphatic carbocycles. The van der Waals surface area contributed by atoms with Gasteiger partial charge in [0.05, 0.1) is 12.5 Å². The van der Waals surface area contributed by atoms with E-state index in [1.807, 2.05) is 12.2 Å². The molecule has 0 aromatic heterocycles. The molecule has 0 aliphatic heterocycles. The summed E-state index contributed by atoms with van der Waals surface area (Å²) in [6.07, 6.45) is 14.6. The van der Waals surface area contributed by atoms with E-state index in [0.29, 0.717) is 7.69 Å². The van der Waals surface area contributed by atoms with E-state index in [1.165, 1.54) is 25.7 Å². The molecular formula is C12H23BO2. The van der Waals surface area contributed by atoms with Gasteiger partial charge in [0.25, 0.3) is 0 Å². The van der Waals surface area contributed by atoms with Gasteiger partial charge in [-0.15, -0.1) is 0 Å². The maximum atomic E-state index is 5.13. The van der Waals surface area contributed by atoms with Crippen molar-refractivity contribution >= 4 is 7.69 Å². The standard InChI is InChI=1S/C12H23BO2/c1-3-5-7-9-11-14-13-15-12-10-8-6-4-2/h9-13H,3-8H2,1-2H3. The zero-order valence-electron chi connectivity index (χ0n) is 10.1. The lowest BCUT2D eigenvalue weighted by Gasteiger charge is -1.97. The van der Waals surface area contributed by atoms with Crippen LogP contribution in [-0.2, 0) is 9.31 Å². The summed E-state index contributed by atoms with van der Waals surface area (Å²) in [5, 5.41) is 0. The number of hydrogen-bond acceptors (Lipinski definition) is 2. The molecule has 0 radical (unpaired) electrons. The van der Waals surface area contributed by atoms with Gasteiger partial charge in [-0.25, -0.2) is 0 Å². The maximum absolute atomic E-state index is 5.13. The highest BCUT2D eigenvalue weighted by Gasteiger charge is 1.85. The van der Waals surface area contributed by atoms with Crippen LogP contribution in [0.5, 0.6) is 0 Å². The molecule has 3 heteroatoms. The van der Waals surface area contributed by atoms with Crippen LogP contribution in [0.1, 0.15) is 52.4 Å². The topological polar surface area (TPSA) is 18.5 Å². The van der Waals surface area contributed by atoms with Gasteiger partial charge < -0.3 is 9.31 Å². The van der Waals surface area contributed by atoms with Gasteiger partial charge in [0.1, 0.15) is 0 Å². The minimum atomic E-state index is 0.311. The van der Waals surface area contributed by atoms with Gasteiger partial charge in [0.15, 0.2) is 0 Å². The molecule has 0 atom stereocenters. The Morgan fingerprint density at radius 3 is 1.73 bits per heavy atom. The second-order valence-electron chi connectivity index (χ2n) is 3.48. The monoisotopic (exact) mass is 210 g/mol. The van der Waals surface area contributed by atoms with Crippen molar-refractivity contribution in [1.29, 1.82) is 0 Å². The minimum absolute atomic E-state index is 0.311. The van der Waals surface area contributed by atoms with E-state index >= 15 is 0 Å². The first-order chi connectivity index (χ1) is 7.41. The Bertz CT molecular complexity index is 149. The van der Waals surface area contributed by atoms with Crippen molar-refractivity contribution < 1.29 is 9.31 Å². The van der Waals surface area contributed by atoms with Gasteiger partial charge in [-0.05, 0) is 25.7 Å². The second kappa shape index (κ2) is 13.1. The van der Waals surface area contributed by atoms with Crippen LogP contribution >= 0.6 is 0 Å². The van der Waals surface area contributed by atoms with E-state index in [-0.39, 0.29) is 0 Å². The largest absolute Gasteiger partial charge is 0.575 e. The fourth-order valence-corrected chi connectivity index (χ4v) is 1.03. The van der Waals surface area contributed by atoms with Crippen molar-refractivity contribution in [2.24, 2.45) is 0 Å². The third-order valence-electron chi connectivity index (χ3n) is 1.97. The minimum Gasteiger partial charge on any atom is -0.535 e. The zero-order valence-corrected chi connectivity index (χ0v) is 10.1. The van der Waals surface area contributed by atoms with Crippen molar-refractivity contribution in [2.45, 2.75) is 52.4 Å². The Balaban J connectivity index is 3.10. The SMILES string of the molecule is CCCCC=COBOC=CCCCC. The average molecular weight is 210 g/mol. The van der Waals surface area contributed by atoms with E-state index in [4.69, 9.17) is 9.31 Å². The fourth-order valence-electron chi connectivity index (χ4n) is 1.03. The first-order valence-corrected chi connectivity index (χ1v) is 5.95. The molecule has 15 heavy (non-hydrogen) atoms. The molecule has 0 rings (SSSR count). The molecule has 0 amide bonds. The number of rotatable bonds is 10. The highest BCUT2D eigenvalue weighted by atomic mass is 16.6. The van der Waals surface area contributed by atoms with Crippen molar-refractivity contribution in [2.75, 3.05) is 0 Å². The molecule has 0 bridgehead atoms. The van der Waals surface area contributed by atoms with Crippen LogP contribution in [0, 0.1) is 0 Å². The lowest BCUT2D eigenvalue weighted by molar-refractivity contribution is 0.374. The van der Waals surface area contributed by atoms with Crippen LogP contribution in [0.4, 0.5) is 0 Å². The van der Waals surface area contributed by atoms with Crippen LogP contribution in [0.25, 0.3) is 0 Å². The van der Waals surface area contributed by atoms with Crippen LogP contribution in [0.3, 0.4) is 0 Å². The molecule has 0 saturated carbocycles. The number of allylic oxidation sites excluding steroid dienone is 2. The van der Waals surface area contributed by atoms with Gasteiger partial charge in [-0.3, -0.25) is 0 Å². The molecule has 2 nitrogen and oxygen atoms in total. The summed E-state index contributed by atoms with van der Waals surface area (Å²) in [5.74, 6) is 0. The molecule has 0 spiro atoms. The van der Waals surface area contributed by atoms with Gasteiger partial charge >= 0.3 is 7.69 Å². The summed E-state index contributed by atoms with van der Waals surface area (Å²) in [6.45, 7) is 4.36. The Hall–Kier alpha value is -0.855. The molecule has 86 valence electrons. The molecule has 0 aromatic carbocycles. The molecular weight excluding hydrogens is 187 g/mol. The van der Waals surface area contributed by atoms with Crippen molar-refractivity contribution in [3.63, 3.8) is 0 Å². The van der Waals surface area contributed by atoms with E-state index < -0.39 is 0 Å². The smallest absolute Gasteiger partial charge is 0.535 e. The molecule has 0 aromatic rings. The fraction of sp³-hybridized carbons (Fsp3) is 0.667. The third-order valence-corrected chi connectivity index (χ3v) is 1.97. The Morgan fingerprint density at radius 2 is 1.33 bits per heavy atom. The summed E-state index contributed by atoms with van der Waals surface area (Å²) in [4.78, 5) is 0. The Labute approximate surface area is 94.7 Å². The lowest BCUT2D eigenvalue weighted by atomic mass is 10.2. The summed E-state index contributed by atoms with van der Waals surface area (Å²) in [6, 6.07) is 0. The van der Waals surface area contributed by atoms with Gasteiger partial charge in [-0.1, -0.05) is 38.8 Å². The summed E-state index contributed by atoms with van der Waals surface area (Å²) in [7, 11) is 0.311. The quantitative estimate of drug-likeness (QED) is 0.311. The molecule has 0 N–H and O–H groups in total. The average Bonchev–Trinajstić information content (AvgIpc) is 2.26. The number of unbranched alkanes of at least 4 members (excludes halogenated alkanes) is 4. The summed E-state index contributed by atoms with van der Waals surface area (Å²) in [5.41, 5.74) is 0. The predicted octanol–water partition coefficient (Wildman–Crippen LogP) is 3.69. The molecule has 0 unspecified atom stereocenters. The van der Waals surface area contributed by atoms with Crippen LogP contribution in [-0.4, -0.2) is 7.69 Å². The molecule has 0 fully saturated rings. The van der Waals surface area contributed by atoms with E-state index in [1.54, 1.807) is 12.5 Å². The van der Waals surface area contributed by atoms with Gasteiger partial charge in [-0.2, -0.15) is 0 Å². The second-order valence-corrected chi connectivity index (χ2v) is 3.48. The summed E-state index contributed by atoms with van der Waals surface area (Å²) >= 11 is 0. The Morgan fingerprint density at radius 1 is 0.867 bits per heavy atom. The normalized spacial score (nSPS) is 11.1. The van der Waals surface area contributed by atoms with E-state index in [0.717, 1.165) is 12.8 Å². The molecule has 0 aliphatic rings. The first-order valence-electron chi connectivity index (χ1n) is 5.95. The van der Waals surface area contributed by atoms with Gasteiger partial charge in [0.2, 0.25) is 0 Å². The van der Waals surface area contributed by atoms with Crippen LogP contribution < -0.4 is 0 Å². The van der Waals surface area contributed by atoms with Crippen molar-refractivity contribution in [1.82, 2.24) is 0 Å².